The maximum absolute atomic E-state index is 12.8. The first-order valence-corrected chi connectivity index (χ1v) is 7.46. The Hall–Kier alpha value is -1.46. The predicted molar refractivity (Wildman–Crippen MR) is 80.8 cm³/mol. The summed E-state index contributed by atoms with van der Waals surface area (Å²) in [6, 6.07) is 6.59. The van der Waals surface area contributed by atoms with Crippen LogP contribution in [0.5, 0.6) is 0 Å². The highest BCUT2D eigenvalue weighted by Crippen LogP contribution is 2.36. The lowest BCUT2D eigenvalue weighted by Crippen LogP contribution is -2.13. The summed E-state index contributed by atoms with van der Waals surface area (Å²) in [5.41, 5.74) is -0.498. The summed E-state index contributed by atoms with van der Waals surface area (Å²) in [5, 5.41) is 3.44. The molecule has 0 bridgehead atoms. The van der Waals surface area contributed by atoms with Crippen molar-refractivity contribution in [3.63, 3.8) is 0 Å². The van der Waals surface area contributed by atoms with E-state index in [1.807, 2.05) is 0 Å². The smallest absolute Gasteiger partial charge is 0.416 e. The minimum Gasteiger partial charge on any atom is -0.460 e. The van der Waals surface area contributed by atoms with Crippen molar-refractivity contribution in [1.82, 2.24) is 5.32 Å². The molecule has 1 heterocycles. The fourth-order valence-electron chi connectivity index (χ4n) is 2.02. The van der Waals surface area contributed by atoms with E-state index in [1.165, 1.54) is 6.07 Å². The van der Waals surface area contributed by atoms with E-state index in [4.69, 9.17) is 16.0 Å². The van der Waals surface area contributed by atoms with E-state index in [9.17, 15) is 13.2 Å². The number of alkyl halides is 3. The van der Waals surface area contributed by atoms with Crippen LogP contribution in [-0.4, -0.2) is 6.54 Å². The summed E-state index contributed by atoms with van der Waals surface area (Å²) in [4.78, 5) is 0. The van der Waals surface area contributed by atoms with Gasteiger partial charge in [0, 0.05) is 5.56 Å². The Kier molecular flexibility index (Phi) is 5.53. The highest BCUT2D eigenvalue weighted by molar-refractivity contribution is 6.33. The Bertz CT molecular complexity index is 622. The number of furan rings is 1. The standard InChI is InChI=1S/C16H17ClF3NO/c1-2-3-8-21-10-12-5-7-15(22-12)13-9-11(16(18,19)20)4-6-14(13)17/h4-7,9,21H,2-3,8,10H2,1H3. The number of benzene rings is 1. The molecule has 0 fully saturated rings. The number of unbranched alkanes of at least 4 members (excludes halogenated alkanes) is 1. The van der Waals surface area contributed by atoms with Crippen LogP contribution in [0.25, 0.3) is 11.3 Å². The lowest BCUT2D eigenvalue weighted by Gasteiger charge is -2.09. The number of halogens is 4. The monoisotopic (exact) mass is 331 g/mol. The molecule has 0 aliphatic carbocycles. The molecule has 0 amide bonds. The lowest BCUT2D eigenvalue weighted by atomic mass is 10.1. The fraction of sp³-hybridized carbons (Fsp3) is 0.375. The van der Waals surface area contributed by atoms with Crippen molar-refractivity contribution in [2.45, 2.75) is 32.5 Å². The second kappa shape index (κ2) is 7.20. The Balaban J connectivity index is 2.16. The normalized spacial score (nSPS) is 11.9. The molecular formula is C16H17ClF3NO. The van der Waals surface area contributed by atoms with Crippen LogP contribution in [0.1, 0.15) is 31.1 Å². The van der Waals surface area contributed by atoms with Crippen LogP contribution in [0.2, 0.25) is 5.02 Å². The van der Waals surface area contributed by atoms with Gasteiger partial charge in [-0.25, -0.2) is 0 Å². The second-order valence-corrected chi connectivity index (χ2v) is 5.40. The zero-order chi connectivity index (χ0) is 16.2. The van der Waals surface area contributed by atoms with Gasteiger partial charge in [-0.15, -0.1) is 0 Å². The average Bonchev–Trinajstić information content (AvgIpc) is 2.91. The Morgan fingerprint density at radius 3 is 2.64 bits per heavy atom. The molecule has 22 heavy (non-hydrogen) atoms. The Labute approximate surface area is 132 Å². The summed E-state index contributed by atoms with van der Waals surface area (Å²) in [6.45, 7) is 3.51. The molecular weight excluding hydrogens is 315 g/mol. The van der Waals surface area contributed by atoms with E-state index < -0.39 is 11.7 Å². The van der Waals surface area contributed by atoms with E-state index in [0.29, 0.717) is 18.1 Å². The third-order valence-corrected chi connectivity index (χ3v) is 3.56. The van der Waals surface area contributed by atoms with E-state index in [0.717, 1.165) is 31.5 Å². The number of hydrogen-bond acceptors (Lipinski definition) is 2. The molecule has 0 aliphatic heterocycles. The number of rotatable bonds is 6. The van der Waals surface area contributed by atoms with Crippen LogP contribution < -0.4 is 5.32 Å². The van der Waals surface area contributed by atoms with E-state index in [-0.39, 0.29) is 10.6 Å². The molecule has 1 N–H and O–H groups in total. The van der Waals surface area contributed by atoms with E-state index in [2.05, 4.69) is 12.2 Å². The minimum absolute atomic E-state index is 0.229. The van der Waals surface area contributed by atoms with Crippen molar-refractivity contribution in [3.8, 4) is 11.3 Å². The van der Waals surface area contributed by atoms with Crippen LogP contribution in [0.15, 0.2) is 34.7 Å². The molecule has 1 aromatic carbocycles. The second-order valence-electron chi connectivity index (χ2n) is 4.99. The zero-order valence-electron chi connectivity index (χ0n) is 12.1. The lowest BCUT2D eigenvalue weighted by molar-refractivity contribution is -0.137. The third kappa shape index (κ3) is 4.27. The number of hydrogen-bond donors (Lipinski definition) is 1. The van der Waals surface area contributed by atoms with Crippen molar-refractivity contribution >= 4 is 11.6 Å². The first kappa shape index (κ1) is 16.9. The molecule has 0 aliphatic rings. The van der Waals surface area contributed by atoms with Gasteiger partial charge < -0.3 is 9.73 Å². The highest BCUT2D eigenvalue weighted by atomic mass is 35.5. The molecule has 0 saturated carbocycles. The first-order valence-electron chi connectivity index (χ1n) is 7.08. The van der Waals surface area contributed by atoms with Gasteiger partial charge in [-0.2, -0.15) is 13.2 Å². The van der Waals surface area contributed by atoms with Crippen LogP contribution in [0.3, 0.4) is 0 Å². The van der Waals surface area contributed by atoms with Crippen LogP contribution in [0.4, 0.5) is 13.2 Å². The maximum atomic E-state index is 12.8. The molecule has 0 radical (unpaired) electrons. The van der Waals surface area contributed by atoms with Crippen molar-refractivity contribution in [2.24, 2.45) is 0 Å². The maximum Gasteiger partial charge on any atom is 0.416 e. The van der Waals surface area contributed by atoms with Crippen LogP contribution in [-0.2, 0) is 12.7 Å². The molecule has 2 rings (SSSR count). The number of nitrogens with one attached hydrogen (secondary N) is 1. The third-order valence-electron chi connectivity index (χ3n) is 3.23. The summed E-state index contributed by atoms with van der Waals surface area (Å²) >= 11 is 5.99. The highest BCUT2D eigenvalue weighted by Gasteiger charge is 2.31. The van der Waals surface area contributed by atoms with Gasteiger partial charge in [0.05, 0.1) is 17.1 Å². The SMILES string of the molecule is CCCCNCc1ccc(-c2cc(C(F)(F)F)ccc2Cl)o1. The Morgan fingerprint density at radius 2 is 1.95 bits per heavy atom. The predicted octanol–water partition coefficient (Wildman–Crippen LogP) is 5.51. The first-order chi connectivity index (χ1) is 10.4. The topological polar surface area (TPSA) is 25.2 Å². The van der Waals surface area contributed by atoms with Gasteiger partial charge in [0.25, 0.3) is 0 Å². The van der Waals surface area contributed by atoms with Gasteiger partial charge in [0.2, 0.25) is 0 Å². The minimum atomic E-state index is -4.41. The van der Waals surface area contributed by atoms with Gasteiger partial charge in [-0.3, -0.25) is 0 Å². The molecule has 1 aromatic heterocycles. The van der Waals surface area contributed by atoms with Crippen LogP contribution in [0, 0.1) is 0 Å². The molecule has 0 atom stereocenters. The molecule has 120 valence electrons. The van der Waals surface area contributed by atoms with Crippen molar-refractivity contribution in [1.29, 1.82) is 0 Å². The largest absolute Gasteiger partial charge is 0.460 e. The van der Waals surface area contributed by atoms with Gasteiger partial charge in [0.15, 0.2) is 0 Å². The van der Waals surface area contributed by atoms with Crippen molar-refractivity contribution < 1.29 is 17.6 Å². The fourth-order valence-corrected chi connectivity index (χ4v) is 2.23. The zero-order valence-corrected chi connectivity index (χ0v) is 12.9. The summed E-state index contributed by atoms with van der Waals surface area (Å²) in [7, 11) is 0. The summed E-state index contributed by atoms with van der Waals surface area (Å²) in [6.07, 6.45) is -2.25. The quantitative estimate of drug-likeness (QED) is 0.706. The van der Waals surface area contributed by atoms with E-state index in [1.54, 1.807) is 12.1 Å². The van der Waals surface area contributed by atoms with Gasteiger partial charge >= 0.3 is 6.18 Å². The summed E-state index contributed by atoms with van der Waals surface area (Å²) < 4.78 is 43.9. The van der Waals surface area contributed by atoms with E-state index >= 15 is 0 Å². The molecule has 2 aromatic rings. The van der Waals surface area contributed by atoms with Crippen molar-refractivity contribution in [3.05, 3.63) is 46.7 Å². The molecule has 0 spiro atoms. The van der Waals surface area contributed by atoms with Crippen LogP contribution >= 0.6 is 11.6 Å². The average molecular weight is 332 g/mol. The van der Waals surface area contributed by atoms with Gasteiger partial charge in [-0.1, -0.05) is 24.9 Å². The Morgan fingerprint density at radius 1 is 1.18 bits per heavy atom. The summed E-state index contributed by atoms with van der Waals surface area (Å²) in [5.74, 6) is 1.00. The molecule has 0 unspecified atom stereocenters. The van der Waals surface area contributed by atoms with Gasteiger partial charge in [0.1, 0.15) is 11.5 Å². The molecule has 0 saturated heterocycles. The van der Waals surface area contributed by atoms with Crippen molar-refractivity contribution in [2.75, 3.05) is 6.54 Å². The van der Waals surface area contributed by atoms with Gasteiger partial charge in [-0.05, 0) is 43.3 Å². The molecule has 6 heteroatoms. The molecule has 2 nitrogen and oxygen atoms in total.